The number of rotatable bonds is 6. The summed E-state index contributed by atoms with van der Waals surface area (Å²) in [5.41, 5.74) is 2.96. The summed E-state index contributed by atoms with van der Waals surface area (Å²) in [5.74, 6) is 3.64. The largest absolute Gasteiger partial charge is 0.310 e. The third-order valence-electron chi connectivity index (χ3n) is 5.33. The Hall–Kier alpha value is -0.820. The zero-order valence-electron chi connectivity index (χ0n) is 13.2. The molecule has 2 saturated carbocycles. The fourth-order valence-corrected chi connectivity index (χ4v) is 3.98. The molecule has 2 aliphatic rings. The molecular formula is C19H29N. The van der Waals surface area contributed by atoms with Crippen LogP contribution < -0.4 is 5.32 Å². The van der Waals surface area contributed by atoms with E-state index in [2.05, 4.69) is 50.4 Å². The Kier molecular flexibility index (Phi) is 4.16. The second-order valence-corrected chi connectivity index (χ2v) is 7.24. The van der Waals surface area contributed by atoms with Gasteiger partial charge in [0, 0.05) is 6.04 Å². The fourth-order valence-electron chi connectivity index (χ4n) is 3.98. The van der Waals surface area contributed by atoms with Crippen LogP contribution >= 0.6 is 0 Å². The Labute approximate surface area is 124 Å². The number of benzene rings is 1. The topological polar surface area (TPSA) is 12.0 Å². The van der Waals surface area contributed by atoms with Crippen molar-refractivity contribution in [2.75, 3.05) is 6.54 Å². The van der Waals surface area contributed by atoms with Crippen molar-refractivity contribution in [2.45, 2.75) is 58.4 Å². The van der Waals surface area contributed by atoms with E-state index >= 15 is 0 Å². The van der Waals surface area contributed by atoms with Gasteiger partial charge in [-0.3, -0.25) is 0 Å². The van der Waals surface area contributed by atoms with Gasteiger partial charge in [-0.05, 0) is 67.0 Å². The van der Waals surface area contributed by atoms with Gasteiger partial charge in [-0.25, -0.2) is 0 Å². The second kappa shape index (κ2) is 5.89. The molecule has 0 aliphatic heterocycles. The summed E-state index contributed by atoms with van der Waals surface area (Å²) >= 11 is 0. The predicted molar refractivity (Wildman–Crippen MR) is 85.9 cm³/mol. The molecule has 3 unspecified atom stereocenters. The van der Waals surface area contributed by atoms with Gasteiger partial charge in [0.05, 0.1) is 0 Å². The van der Waals surface area contributed by atoms with Crippen LogP contribution in [-0.4, -0.2) is 6.54 Å². The maximum atomic E-state index is 3.82. The number of hydrogen-bond acceptors (Lipinski definition) is 1. The van der Waals surface area contributed by atoms with Crippen LogP contribution in [0.5, 0.6) is 0 Å². The number of hydrogen-bond donors (Lipinski definition) is 1. The van der Waals surface area contributed by atoms with Crippen molar-refractivity contribution < 1.29 is 0 Å². The molecule has 1 N–H and O–H groups in total. The molecule has 0 aromatic heterocycles. The lowest BCUT2D eigenvalue weighted by Gasteiger charge is -2.27. The summed E-state index contributed by atoms with van der Waals surface area (Å²) in [5, 5.41) is 3.82. The lowest BCUT2D eigenvalue weighted by Crippen LogP contribution is -2.28. The minimum Gasteiger partial charge on any atom is -0.310 e. The molecule has 3 rings (SSSR count). The average molecular weight is 271 g/mol. The van der Waals surface area contributed by atoms with Gasteiger partial charge >= 0.3 is 0 Å². The van der Waals surface area contributed by atoms with Crippen molar-refractivity contribution in [1.29, 1.82) is 0 Å². The lowest BCUT2D eigenvalue weighted by atomic mass is 9.88. The van der Waals surface area contributed by atoms with E-state index in [9.17, 15) is 0 Å². The lowest BCUT2D eigenvalue weighted by molar-refractivity contribution is 0.342. The second-order valence-electron chi connectivity index (χ2n) is 7.24. The Balaban J connectivity index is 1.73. The molecule has 1 aromatic carbocycles. The molecule has 2 aliphatic carbocycles. The van der Waals surface area contributed by atoms with Crippen LogP contribution in [0, 0.1) is 17.8 Å². The molecule has 20 heavy (non-hydrogen) atoms. The maximum absolute atomic E-state index is 3.82. The summed E-state index contributed by atoms with van der Waals surface area (Å²) in [6.07, 6.45) is 5.65. The van der Waals surface area contributed by atoms with E-state index in [-0.39, 0.29) is 0 Å². The standard InChI is InChI=1S/C19H29N/c1-4-9-20-19(18-11-16-10-17(16)12-18)15-7-5-14(6-8-15)13(2)3/h5-8,13,16-20H,4,9-12H2,1-3H3. The third-order valence-corrected chi connectivity index (χ3v) is 5.33. The molecule has 0 spiro atoms. The van der Waals surface area contributed by atoms with E-state index in [1.54, 1.807) is 0 Å². The van der Waals surface area contributed by atoms with Gasteiger partial charge in [-0.2, -0.15) is 0 Å². The Morgan fingerprint density at radius 1 is 1.00 bits per heavy atom. The monoisotopic (exact) mass is 271 g/mol. The van der Waals surface area contributed by atoms with Crippen LogP contribution in [-0.2, 0) is 0 Å². The highest BCUT2D eigenvalue weighted by molar-refractivity contribution is 5.28. The summed E-state index contributed by atoms with van der Waals surface area (Å²) in [6.45, 7) is 7.94. The molecule has 0 saturated heterocycles. The summed E-state index contributed by atoms with van der Waals surface area (Å²) in [6, 6.07) is 9.98. The van der Waals surface area contributed by atoms with Gasteiger partial charge in [0.2, 0.25) is 0 Å². The van der Waals surface area contributed by atoms with E-state index in [1.165, 1.54) is 36.8 Å². The van der Waals surface area contributed by atoms with Gasteiger partial charge in [-0.1, -0.05) is 45.0 Å². The highest BCUT2D eigenvalue weighted by Gasteiger charge is 2.47. The van der Waals surface area contributed by atoms with Crippen LogP contribution in [0.2, 0.25) is 0 Å². The number of fused-ring (bicyclic) bond motifs is 1. The molecule has 110 valence electrons. The van der Waals surface area contributed by atoms with Crippen LogP contribution in [0.15, 0.2) is 24.3 Å². The van der Waals surface area contributed by atoms with E-state index in [0.29, 0.717) is 12.0 Å². The molecule has 0 amide bonds. The van der Waals surface area contributed by atoms with E-state index in [4.69, 9.17) is 0 Å². The predicted octanol–water partition coefficient (Wildman–Crippen LogP) is 4.90. The maximum Gasteiger partial charge on any atom is 0.0348 e. The highest BCUT2D eigenvalue weighted by Crippen LogP contribution is 2.57. The van der Waals surface area contributed by atoms with Crippen molar-refractivity contribution in [2.24, 2.45) is 17.8 Å². The van der Waals surface area contributed by atoms with E-state index in [1.807, 2.05) is 0 Å². The highest BCUT2D eigenvalue weighted by atomic mass is 14.9. The summed E-state index contributed by atoms with van der Waals surface area (Å²) < 4.78 is 0. The Morgan fingerprint density at radius 2 is 1.60 bits per heavy atom. The minimum absolute atomic E-state index is 0.587. The van der Waals surface area contributed by atoms with Gasteiger partial charge in [0.1, 0.15) is 0 Å². The molecule has 3 atom stereocenters. The van der Waals surface area contributed by atoms with Crippen molar-refractivity contribution >= 4 is 0 Å². The third kappa shape index (κ3) is 2.93. The first-order chi connectivity index (χ1) is 9.69. The molecule has 2 fully saturated rings. The average Bonchev–Trinajstić information content (AvgIpc) is 3.06. The quantitative estimate of drug-likeness (QED) is 0.776. The smallest absolute Gasteiger partial charge is 0.0348 e. The normalized spacial score (nSPS) is 29.5. The zero-order valence-corrected chi connectivity index (χ0v) is 13.2. The van der Waals surface area contributed by atoms with Gasteiger partial charge < -0.3 is 5.32 Å². The van der Waals surface area contributed by atoms with Gasteiger partial charge in [-0.15, -0.1) is 0 Å². The van der Waals surface area contributed by atoms with Crippen molar-refractivity contribution in [3.63, 3.8) is 0 Å². The zero-order chi connectivity index (χ0) is 14.1. The molecular weight excluding hydrogens is 242 g/mol. The first kappa shape index (κ1) is 14.1. The molecule has 0 radical (unpaired) electrons. The SMILES string of the molecule is CCCNC(c1ccc(C(C)C)cc1)C1CC2CC2C1. The summed E-state index contributed by atoms with van der Waals surface area (Å²) in [4.78, 5) is 0. The Bertz CT molecular complexity index is 424. The van der Waals surface area contributed by atoms with E-state index < -0.39 is 0 Å². The van der Waals surface area contributed by atoms with Crippen molar-refractivity contribution in [1.82, 2.24) is 5.32 Å². The van der Waals surface area contributed by atoms with Gasteiger partial charge in [0.25, 0.3) is 0 Å². The molecule has 0 bridgehead atoms. The number of nitrogens with one attached hydrogen (secondary N) is 1. The Morgan fingerprint density at radius 3 is 2.15 bits per heavy atom. The fraction of sp³-hybridized carbons (Fsp3) is 0.684. The first-order valence-electron chi connectivity index (χ1n) is 8.52. The molecule has 1 nitrogen and oxygen atoms in total. The molecule has 1 aromatic rings. The van der Waals surface area contributed by atoms with Crippen LogP contribution in [0.25, 0.3) is 0 Å². The van der Waals surface area contributed by atoms with Gasteiger partial charge in [0.15, 0.2) is 0 Å². The first-order valence-corrected chi connectivity index (χ1v) is 8.52. The minimum atomic E-state index is 0.587. The summed E-state index contributed by atoms with van der Waals surface area (Å²) in [7, 11) is 0. The van der Waals surface area contributed by atoms with Crippen molar-refractivity contribution in [3.05, 3.63) is 35.4 Å². The molecule has 0 heterocycles. The van der Waals surface area contributed by atoms with E-state index in [0.717, 1.165) is 24.3 Å². The molecule has 1 heteroatoms. The van der Waals surface area contributed by atoms with Crippen LogP contribution in [0.3, 0.4) is 0 Å². The van der Waals surface area contributed by atoms with Crippen LogP contribution in [0.1, 0.15) is 69.5 Å². The van der Waals surface area contributed by atoms with Crippen LogP contribution in [0.4, 0.5) is 0 Å². The van der Waals surface area contributed by atoms with Crippen molar-refractivity contribution in [3.8, 4) is 0 Å².